The lowest BCUT2D eigenvalue weighted by molar-refractivity contribution is 0.406. The Morgan fingerprint density at radius 1 is 1.50 bits per heavy atom. The van der Waals surface area contributed by atoms with Gasteiger partial charge in [0.25, 0.3) is 0 Å². The largest absolute Gasteiger partial charge is 0.313 e. The predicted octanol–water partition coefficient (Wildman–Crippen LogP) is 3.63. The smallest absolute Gasteiger partial charge is 0.123 e. The lowest BCUT2D eigenvalue weighted by Gasteiger charge is -2.34. The first-order chi connectivity index (χ1) is 8.64. The van der Waals surface area contributed by atoms with E-state index in [-0.39, 0.29) is 5.82 Å². The van der Waals surface area contributed by atoms with Gasteiger partial charge in [-0.3, -0.25) is 0 Å². The van der Waals surface area contributed by atoms with Crippen molar-refractivity contribution in [3.63, 3.8) is 0 Å². The molecule has 0 saturated carbocycles. The van der Waals surface area contributed by atoms with E-state index < -0.39 is 0 Å². The molecule has 1 nitrogen and oxygen atoms in total. The molecule has 1 aliphatic heterocycles. The number of likely N-dealkylation sites (N-methyl/N-ethyl adjacent to an activating group) is 1. The number of halogens is 1. The zero-order valence-corrected chi connectivity index (χ0v) is 12.0. The van der Waals surface area contributed by atoms with Crippen molar-refractivity contribution in [2.24, 2.45) is 0 Å². The van der Waals surface area contributed by atoms with Gasteiger partial charge in [0.15, 0.2) is 0 Å². The van der Waals surface area contributed by atoms with Crippen LogP contribution in [0.1, 0.15) is 32.3 Å². The van der Waals surface area contributed by atoms with E-state index in [2.05, 4.69) is 30.9 Å². The number of nitrogens with one attached hydrogen (secondary N) is 1. The number of hydrogen-bond donors (Lipinski definition) is 1. The molecule has 2 unspecified atom stereocenters. The first-order valence-corrected chi connectivity index (χ1v) is 7.74. The second-order valence-corrected chi connectivity index (χ2v) is 6.84. The van der Waals surface area contributed by atoms with Crippen molar-refractivity contribution in [1.29, 1.82) is 0 Å². The van der Waals surface area contributed by atoms with Crippen molar-refractivity contribution in [2.75, 3.05) is 12.3 Å². The molecule has 1 aliphatic rings. The Morgan fingerprint density at radius 3 is 2.94 bits per heavy atom. The highest BCUT2D eigenvalue weighted by molar-refractivity contribution is 8.00. The fourth-order valence-corrected chi connectivity index (χ4v) is 4.14. The predicted molar refractivity (Wildman–Crippen MR) is 77.7 cm³/mol. The van der Waals surface area contributed by atoms with E-state index in [1.54, 1.807) is 12.1 Å². The Kier molecular flexibility index (Phi) is 4.68. The van der Waals surface area contributed by atoms with Crippen molar-refractivity contribution in [1.82, 2.24) is 5.32 Å². The minimum Gasteiger partial charge on any atom is -0.313 e. The maximum absolute atomic E-state index is 13.3. The van der Waals surface area contributed by atoms with Crippen LogP contribution in [-0.4, -0.2) is 23.1 Å². The van der Waals surface area contributed by atoms with Gasteiger partial charge >= 0.3 is 0 Å². The number of hydrogen-bond acceptors (Lipinski definition) is 2. The lowest BCUT2D eigenvalue weighted by atomic mass is 9.90. The van der Waals surface area contributed by atoms with Gasteiger partial charge in [0.2, 0.25) is 0 Å². The molecule has 100 valence electrons. The van der Waals surface area contributed by atoms with Crippen LogP contribution in [0.4, 0.5) is 4.39 Å². The fraction of sp³-hybridized carbons (Fsp3) is 0.600. The molecule has 0 bridgehead atoms. The van der Waals surface area contributed by atoms with Crippen LogP contribution >= 0.6 is 11.8 Å². The summed E-state index contributed by atoms with van der Waals surface area (Å²) in [5.74, 6) is 1.12. The van der Waals surface area contributed by atoms with Crippen molar-refractivity contribution < 1.29 is 4.39 Å². The SMILES string of the molecule is CCNC(Cc1cccc(F)c1)C1(C)CCCS1. The van der Waals surface area contributed by atoms with E-state index in [4.69, 9.17) is 0 Å². The molecule has 1 N–H and O–H groups in total. The van der Waals surface area contributed by atoms with E-state index in [0.29, 0.717) is 10.8 Å². The van der Waals surface area contributed by atoms with E-state index in [0.717, 1.165) is 18.5 Å². The van der Waals surface area contributed by atoms with Gasteiger partial charge in [0.1, 0.15) is 5.82 Å². The van der Waals surface area contributed by atoms with E-state index >= 15 is 0 Å². The van der Waals surface area contributed by atoms with Gasteiger partial charge in [0.05, 0.1) is 0 Å². The molecular formula is C15H22FNS. The molecule has 1 saturated heterocycles. The molecule has 1 aromatic carbocycles. The minimum absolute atomic E-state index is 0.132. The number of rotatable bonds is 5. The quantitative estimate of drug-likeness (QED) is 0.874. The summed E-state index contributed by atoms with van der Waals surface area (Å²) < 4.78 is 13.5. The monoisotopic (exact) mass is 267 g/mol. The van der Waals surface area contributed by atoms with Crippen LogP contribution in [0.15, 0.2) is 24.3 Å². The highest BCUT2D eigenvalue weighted by Gasteiger charge is 2.37. The summed E-state index contributed by atoms with van der Waals surface area (Å²) >= 11 is 2.06. The van der Waals surface area contributed by atoms with Crippen LogP contribution in [0.2, 0.25) is 0 Å². The summed E-state index contributed by atoms with van der Waals surface area (Å²) in [6.07, 6.45) is 3.46. The summed E-state index contributed by atoms with van der Waals surface area (Å²) in [6.45, 7) is 5.45. The van der Waals surface area contributed by atoms with Crippen molar-refractivity contribution >= 4 is 11.8 Å². The van der Waals surface area contributed by atoms with Gasteiger partial charge in [-0.1, -0.05) is 19.1 Å². The lowest BCUT2D eigenvalue weighted by Crippen LogP contribution is -2.46. The van der Waals surface area contributed by atoms with Crippen molar-refractivity contribution in [2.45, 2.75) is 43.9 Å². The third kappa shape index (κ3) is 3.27. The highest BCUT2D eigenvalue weighted by Crippen LogP contribution is 2.41. The van der Waals surface area contributed by atoms with Crippen LogP contribution in [-0.2, 0) is 6.42 Å². The van der Waals surface area contributed by atoms with Gasteiger partial charge in [-0.05, 0) is 56.2 Å². The third-order valence-electron chi connectivity index (χ3n) is 3.77. The Labute approximate surface area is 114 Å². The number of thioether (sulfide) groups is 1. The minimum atomic E-state index is -0.132. The normalized spacial score (nSPS) is 25.3. The zero-order chi connectivity index (χ0) is 13.0. The van der Waals surface area contributed by atoms with Crippen LogP contribution in [0.25, 0.3) is 0 Å². The molecule has 2 rings (SSSR count). The topological polar surface area (TPSA) is 12.0 Å². The zero-order valence-electron chi connectivity index (χ0n) is 11.2. The van der Waals surface area contributed by atoms with E-state index in [1.165, 1.54) is 24.7 Å². The van der Waals surface area contributed by atoms with Crippen LogP contribution in [0.3, 0.4) is 0 Å². The molecule has 3 heteroatoms. The summed E-state index contributed by atoms with van der Waals surface area (Å²) in [5.41, 5.74) is 1.09. The molecule has 0 radical (unpaired) electrons. The van der Waals surface area contributed by atoms with Crippen molar-refractivity contribution in [3.05, 3.63) is 35.6 Å². The average molecular weight is 267 g/mol. The van der Waals surface area contributed by atoms with Gasteiger partial charge in [0, 0.05) is 10.8 Å². The van der Waals surface area contributed by atoms with Crippen LogP contribution in [0, 0.1) is 5.82 Å². The highest BCUT2D eigenvalue weighted by atomic mass is 32.2. The summed E-state index contributed by atoms with van der Waals surface area (Å²) in [6, 6.07) is 7.43. The summed E-state index contributed by atoms with van der Waals surface area (Å²) in [5, 5.41) is 3.59. The van der Waals surface area contributed by atoms with Gasteiger partial charge in [-0.25, -0.2) is 4.39 Å². The molecule has 0 spiro atoms. The first-order valence-electron chi connectivity index (χ1n) is 6.76. The Balaban J connectivity index is 2.10. The maximum atomic E-state index is 13.3. The van der Waals surface area contributed by atoms with E-state index in [1.807, 2.05) is 6.07 Å². The molecule has 2 atom stereocenters. The number of benzene rings is 1. The van der Waals surface area contributed by atoms with Gasteiger partial charge in [-0.15, -0.1) is 0 Å². The van der Waals surface area contributed by atoms with Crippen LogP contribution < -0.4 is 5.32 Å². The van der Waals surface area contributed by atoms with Crippen LogP contribution in [0.5, 0.6) is 0 Å². The second kappa shape index (κ2) is 6.07. The average Bonchev–Trinajstić information content (AvgIpc) is 2.77. The summed E-state index contributed by atoms with van der Waals surface area (Å²) in [7, 11) is 0. The third-order valence-corrected chi connectivity index (χ3v) is 5.41. The maximum Gasteiger partial charge on any atom is 0.123 e. The Hall–Kier alpha value is -0.540. The molecule has 0 amide bonds. The standard InChI is InChI=1S/C15H22FNS/c1-3-17-14(15(2)8-5-9-18-15)11-12-6-4-7-13(16)10-12/h4,6-7,10,14,17H,3,5,8-9,11H2,1-2H3. The molecule has 1 heterocycles. The molecule has 1 aromatic rings. The van der Waals surface area contributed by atoms with Gasteiger partial charge in [-0.2, -0.15) is 11.8 Å². The molecule has 0 aliphatic carbocycles. The molecule has 0 aromatic heterocycles. The summed E-state index contributed by atoms with van der Waals surface area (Å²) in [4.78, 5) is 0. The first kappa shape index (κ1) is 13.9. The Morgan fingerprint density at radius 2 is 2.33 bits per heavy atom. The molecule has 18 heavy (non-hydrogen) atoms. The molecular weight excluding hydrogens is 245 g/mol. The fourth-order valence-electron chi connectivity index (χ4n) is 2.73. The Bertz CT molecular complexity index is 388. The van der Waals surface area contributed by atoms with E-state index in [9.17, 15) is 4.39 Å². The van der Waals surface area contributed by atoms with Crippen molar-refractivity contribution in [3.8, 4) is 0 Å². The molecule has 1 fully saturated rings. The second-order valence-electron chi connectivity index (χ2n) is 5.21. The van der Waals surface area contributed by atoms with Gasteiger partial charge < -0.3 is 5.32 Å².